The van der Waals surface area contributed by atoms with Gasteiger partial charge in [-0.15, -0.1) is 0 Å². The lowest BCUT2D eigenvalue weighted by Gasteiger charge is -2.42. The lowest BCUT2D eigenvalue weighted by atomic mass is 9.98. The summed E-state index contributed by atoms with van der Waals surface area (Å²) in [5, 5.41) is 2.84. The van der Waals surface area contributed by atoms with Crippen molar-refractivity contribution < 1.29 is 13.2 Å². The van der Waals surface area contributed by atoms with Crippen LogP contribution in [0.1, 0.15) is 13.8 Å². The SMILES string of the molecule is CC(C)C1CNCC(C(F)(F)F)N1C. The number of likely N-dealkylation sites (N-methyl/N-ethyl adjacent to an activating group) is 1. The van der Waals surface area contributed by atoms with Crippen LogP contribution >= 0.6 is 0 Å². The van der Waals surface area contributed by atoms with E-state index in [4.69, 9.17) is 0 Å². The molecule has 14 heavy (non-hydrogen) atoms. The quantitative estimate of drug-likeness (QED) is 0.705. The van der Waals surface area contributed by atoms with Crippen LogP contribution in [-0.4, -0.2) is 43.3 Å². The Morgan fingerprint density at radius 3 is 2.29 bits per heavy atom. The van der Waals surface area contributed by atoms with Gasteiger partial charge in [-0.3, -0.25) is 4.90 Å². The van der Waals surface area contributed by atoms with Crippen LogP contribution < -0.4 is 5.32 Å². The Hall–Kier alpha value is -0.290. The third-order valence-electron chi connectivity index (χ3n) is 2.85. The molecule has 1 rings (SSSR count). The molecule has 0 saturated carbocycles. The van der Waals surface area contributed by atoms with Gasteiger partial charge in [-0.2, -0.15) is 13.2 Å². The summed E-state index contributed by atoms with van der Waals surface area (Å²) in [6, 6.07) is -1.38. The summed E-state index contributed by atoms with van der Waals surface area (Å²) in [4.78, 5) is 1.45. The Bertz CT molecular complexity index is 191. The third kappa shape index (κ3) is 2.39. The van der Waals surface area contributed by atoms with Gasteiger partial charge >= 0.3 is 6.18 Å². The van der Waals surface area contributed by atoms with E-state index in [1.165, 1.54) is 4.90 Å². The Kier molecular flexibility index (Phi) is 3.42. The molecule has 0 aromatic rings. The van der Waals surface area contributed by atoms with Crippen molar-refractivity contribution in [3.05, 3.63) is 0 Å². The number of piperazine rings is 1. The zero-order valence-electron chi connectivity index (χ0n) is 8.73. The van der Waals surface area contributed by atoms with Crippen molar-refractivity contribution >= 4 is 0 Å². The summed E-state index contributed by atoms with van der Waals surface area (Å²) in [5.41, 5.74) is 0. The van der Waals surface area contributed by atoms with E-state index in [1.807, 2.05) is 13.8 Å². The van der Waals surface area contributed by atoms with E-state index >= 15 is 0 Å². The van der Waals surface area contributed by atoms with Crippen molar-refractivity contribution in [3.8, 4) is 0 Å². The molecule has 0 radical (unpaired) electrons. The van der Waals surface area contributed by atoms with Crippen molar-refractivity contribution in [1.82, 2.24) is 10.2 Å². The monoisotopic (exact) mass is 210 g/mol. The number of halogens is 3. The highest BCUT2D eigenvalue weighted by molar-refractivity contribution is 4.90. The molecule has 1 saturated heterocycles. The van der Waals surface area contributed by atoms with Gasteiger partial charge in [-0.1, -0.05) is 13.8 Å². The van der Waals surface area contributed by atoms with Gasteiger partial charge in [0, 0.05) is 19.1 Å². The van der Waals surface area contributed by atoms with Crippen molar-refractivity contribution in [2.75, 3.05) is 20.1 Å². The largest absolute Gasteiger partial charge is 0.405 e. The molecule has 0 aliphatic carbocycles. The molecule has 0 bridgehead atoms. The number of hydrogen-bond acceptors (Lipinski definition) is 2. The first-order valence-corrected chi connectivity index (χ1v) is 4.83. The molecule has 0 aromatic carbocycles. The summed E-state index contributed by atoms with van der Waals surface area (Å²) in [6.07, 6.45) is -4.13. The highest BCUT2D eigenvalue weighted by Crippen LogP contribution is 2.28. The smallest absolute Gasteiger partial charge is 0.313 e. The average Bonchev–Trinajstić information content (AvgIpc) is 2.01. The second-order valence-electron chi connectivity index (χ2n) is 4.19. The van der Waals surface area contributed by atoms with E-state index in [9.17, 15) is 13.2 Å². The van der Waals surface area contributed by atoms with Crippen LogP contribution in [0.5, 0.6) is 0 Å². The van der Waals surface area contributed by atoms with Crippen LogP contribution in [0.15, 0.2) is 0 Å². The van der Waals surface area contributed by atoms with Gasteiger partial charge in [0.15, 0.2) is 0 Å². The minimum absolute atomic E-state index is 0.00319. The molecule has 2 nitrogen and oxygen atoms in total. The molecule has 2 unspecified atom stereocenters. The van der Waals surface area contributed by atoms with Gasteiger partial charge in [0.1, 0.15) is 6.04 Å². The van der Waals surface area contributed by atoms with Crippen LogP contribution in [0, 0.1) is 5.92 Å². The second kappa shape index (κ2) is 4.06. The minimum Gasteiger partial charge on any atom is -0.313 e. The number of hydrogen-bond donors (Lipinski definition) is 1. The van der Waals surface area contributed by atoms with Crippen LogP contribution in [0.2, 0.25) is 0 Å². The molecular formula is C9H17F3N2. The van der Waals surface area contributed by atoms with Gasteiger partial charge in [-0.05, 0) is 13.0 Å². The van der Waals surface area contributed by atoms with E-state index in [0.29, 0.717) is 6.54 Å². The van der Waals surface area contributed by atoms with Gasteiger partial charge in [0.25, 0.3) is 0 Å². The maximum Gasteiger partial charge on any atom is 0.405 e. The molecule has 2 atom stereocenters. The molecule has 84 valence electrons. The standard InChI is InChI=1S/C9H17F3N2/c1-6(2)7-4-13-5-8(14(7)3)9(10,11)12/h6-8,13H,4-5H2,1-3H3. The average molecular weight is 210 g/mol. The van der Waals surface area contributed by atoms with Crippen LogP contribution in [0.3, 0.4) is 0 Å². The predicted octanol–water partition coefficient (Wildman–Crippen LogP) is 1.48. The molecule has 0 amide bonds. The first-order chi connectivity index (χ1) is 6.34. The Morgan fingerprint density at radius 2 is 1.86 bits per heavy atom. The lowest BCUT2D eigenvalue weighted by molar-refractivity contribution is -0.192. The molecule has 0 aromatic heterocycles. The fourth-order valence-electron chi connectivity index (χ4n) is 1.94. The van der Waals surface area contributed by atoms with Crippen LogP contribution in [0.25, 0.3) is 0 Å². The zero-order valence-corrected chi connectivity index (χ0v) is 8.73. The van der Waals surface area contributed by atoms with Gasteiger partial charge in [0.2, 0.25) is 0 Å². The Morgan fingerprint density at radius 1 is 1.29 bits per heavy atom. The summed E-state index contributed by atoms with van der Waals surface area (Å²) in [7, 11) is 1.56. The molecule has 1 fully saturated rings. The molecule has 0 spiro atoms. The van der Waals surface area contributed by atoms with Crippen molar-refractivity contribution in [2.45, 2.75) is 32.1 Å². The molecule has 5 heteroatoms. The van der Waals surface area contributed by atoms with E-state index in [2.05, 4.69) is 5.32 Å². The zero-order chi connectivity index (χ0) is 10.9. The molecule has 1 N–H and O–H groups in total. The molecule has 1 aliphatic heterocycles. The van der Waals surface area contributed by atoms with Crippen LogP contribution in [-0.2, 0) is 0 Å². The second-order valence-corrected chi connectivity index (χ2v) is 4.19. The summed E-state index contributed by atoms with van der Waals surface area (Å²) >= 11 is 0. The van der Waals surface area contributed by atoms with Crippen molar-refractivity contribution in [2.24, 2.45) is 5.92 Å². The Labute approximate surface area is 82.5 Å². The highest BCUT2D eigenvalue weighted by atomic mass is 19.4. The maximum absolute atomic E-state index is 12.5. The number of nitrogens with one attached hydrogen (secondary N) is 1. The van der Waals surface area contributed by atoms with Gasteiger partial charge < -0.3 is 5.32 Å². The summed E-state index contributed by atoms with van der Waals surface area (Å²) in [5.74, 6) is 0.234. The van der Waals surface area contributed by atoms with Gasteiger partial charge in [0.05, 0.1) is 0 Å². The van der Waals surface area contributed by atoms with Crippen molar-refractivity contribution in [1.29, 1.82) is 0 Å². The van der Waals surface area contributed by atoms with Gasteiger partial charge in [-0.25, -0.2) is 0 Å². The first-order valence-electron chi connectivity index (χ1n) is 4.83. The van der Waals surface area contributed by atoms with E-state index < -0.39 is 12.2 Å². The molecule has 1 heterocycles. The fraction of sp³-hybridized carbons (Fsp3) is 1.00. The lowest BCUT2D eigenvalue weighted by Crippen LogP contribution is -2.62. The van der Waals surface area contributed by atoms with Crippen LogP contribution in [0.4, 0.5) is 13.2 Å². The first kappa shape index (κ1) is 11.8. The van der Waals surface area contributed by atoms with E-state index in [0.717, 1.165) is 0 Å². The number of rotatable bonds is 1. The predicted molar refractivity (Wildman–Crippen MR) is 49.1 cm³/mol. The summed E-state index contributed by atoms with van der Waals surface area (Å²) < 4.78 is 37.6. The Balaban J connectivity index is 2.71. The minimum atomic E-state index is -4.13. The molecular weight excluding hydrogens is 193 g/mol. The summed E-state index contributed by atoms with van der Waals surface area (Å²) in [6.45, 7) is 4.53. The third-order valence-corrected chi connectivity index (χ3v) is 2.85. The molecule has 1 aliphatic rings. The normalized spacial score (nSPS) is 31.1. The number of nitrogens with zero attached hydrogens (tertiary/aromatic N) is 1. The van der Waals surface area contributed by atoms with E-state index in [-0.39, 0.29) is 18.5 Å². The van der Waals surface area contributed by atoms with Crippen molar-refractivity contribution in [3.63, 3.8) is 0 Å². The fourth-order valence-corrected chi connectivity index (χ4v) is 1.94. The van der Waals surface area contributed by atoms with E-state index in [1.54, 1.807) is 7.05 Å². The number of alkyl halides is 3. The maximum atomic E-state index is 12.5. The topological polar surface area (TPSA) is 15.3 Å². The highest BCUT2D eigenvalue weighted by Gasteiger charge is 2.46.